The number of benzene rings is 1. The van der Waals surface area contributed by atoms with Crippen LogP contribution in [0.5, 0.6) is 0 Å². The number of aryl methyl sites for hydroxylation is 1. The maximum Gasteiger partial charge on any atom is 0.297 e. The predicted octanol–water partition coefficient (Wildman–Crippen LogP) is 4.82. The number of hydrogen-bond donors (Lipinski definition) is 0. The normalized spacial score (nSPS) is 31.0. The highest BCUT2D eigenvalue weighted by molar-refractivity contribution is 7.86. The average Bonchev–Trinajstić information content (AvgIpc) is 2.55. The summed E-state index contributed by atoms with van der Waals surface area (Å²) in [6.07, 6.45) is 1.55. The summed E-state index contributed by atoms with van der Waals surface area (Å²) in [4.78, 5) is 13.2. The molecule has 4 nitrogen and oxygen atoms in total. The third-order valence-electron chi connectivity index (χ3n) is 6.55. The maximum absolute atomic E-state index is 13.0. The predicted molar refractivity (Wildman–Crippen MR) is 106 cm³/mol. The quantitative estimate of drug-likeness (QED) is 0.694. The molecule has 0 amide bonds. The Labute approximate surface area is 163 Å². The summed E-state index contributed by atoms with van der Waals surface area (Å²) < 4.78 is 31.7. The molecule has 2 aliphatic rings. The monoisotopic (exact) mass is 390 g/mol. The van der Waals surface area contributed by atoms with Gasteiger partial charge in [-0.3, -0.25) is 8.98 Å². The Morgan fingerprint density at radius 3 is 2.19 bits per heavy atom. The van der Waals surface area contributed by atoms with Gasteiger partial charge < -0.3 is 0 Å². The number of Topliss-reactive ketones (excluding diaryl/α,β-unsaturated/α-hetero) is 1. The number of hydrogen-bond acceptors (Lipinski definition) is 4. The lowest BCUT2D eigenvalue weighted by Gasteiger charge is -2.53. The fourth-order valence-electron chi connectivity index (χ4n) is 4.69. The van der Waals surface area contributed by atoms with Crippen molar-refractivity contribution >= 4 is 15.9 Å². The van der Waals surface area contributed by atoms with E-state index in [1.54, 1.807) is 24.3 Å². The van der Waals surface area contributed by atoms with Crippen LogP contribution in [-0.2, 0) is 19.1 Å². The van der Waals surface area contributed by atoms with Crippen molar-refractivity contribution in [2.45, 2.75) is 71.8 Å². The number of ketones is 1. The van der Waals surface area contributed by atoms with E-state index in [0.717, 1.165) is 23.1 Å². The van der Waals surface area contributed by atoms with Gasteiger partial charge in [0.1, 0.15) is 0 Å². The van der Waals surface area contributed by atoms with Crippen molar-refractivity contribution in [2.75, 3.05) is 0 Å². The Morgan fingerprint density at radius 1 is 1.00 bits per heavy atom. The zero-order valence-electron chi connectivity index (χ0n) is 17.1. The first-order chi connectivity index (χ1) is 12.4. The van der Waals surface area contributed by atoms with Gasteiger partial charge in [0.15, 0.2) is 5.78 Å². The molecule has 0 aliphatic heterocycles. The van der Waals surface area contributed by atoms with Gasteiger partial charge in [0.05, 0.1) is 11.0 Å². The molecule has 0 saturated heterocycles. The molecule has 2 aliphatic carbocycles. The molecule has 1 aromatic carbocycles. The zero-order valence-corrected chi connectivity index (χ0v) is 17.9. The number of fused-ring (bicyclic) bond motifs is 1. The highest BCUT2D eigenvalue weighted by Gasteiger charge is 2.56. The van der Waals surface area contributed by atoms with Gasteiger partial charge in [0.2, 0.25) is 0 Å². The van der Waals surface area contributed by atoms with E-state index in [9.17, 15) is 13.2 Å². The van der Waals surface area contributed by atoms with E-state index in [1.165, 1.54) is 0 Å². The third kappa shape index (κ3) is 3.64. The summed E-state index contributed by atoms with van der Waals surface area (Å²) in [6, 6.07) is 6.71. The van der Waals surface area contributed by atoms with Crippen molar-refractivity contribution < 1.29 is 17.4 Å². The summed E-state index contributed by atoms with van der Waals surface area (Å²) in [7, 11) is -3.89. The Morgan fingerprint density at radius 2 is 1.59 bits per heavy atom. The van der Waals surface area contributed by atoms with Crippen molar-refractivity contribution in [1.82, 2.24) is 0 Å². The molecule has 0 radical (unpaired) electrons. The van der Waals surface area contributed by atoms with E-state index in [-0.39, 0.29) is 22.0 Å². The van der Waals surface area contributed by atoms with Gasteiger partial charge in [-0.1, -0.05) is 44.0 Å². The molecule has 0 bridgehead atoms. The van der Waals surface area contributed by atoms with Crippen LogP contribution in [0.2, 0.25) is 0 Å². The molecule has 0 aromatic heterocycles. The van der Waals surface area contributed by atoms with E-state index in [4.69, 9.17) is 4.18 Å². The van der Waals surface area contributed by atoms with E-state index < -0.39 is 21.6 Å². The minimum absolute atomic E-state index is 0.148. The number of carbonyl (C=O) groups excluding carboxylic acids is 1. The van der Waals surface area contributed by atoms with Crippen LogP contribution in [0, 0.1) is 23.7 Å². The third-order valence-corrected chi connectivity index (χ3v) is 7.89. The summed E-state index contributed by atoms with van der Waals surface area (Å²) >= 11 is 0. The van der Waals surface area contributed by atoms with Crippen LogP contribution < -0.4 is 0 Å². The van der Waals surface area contributed by atoms with E-state index >= 15 is 0 Å². The van der Waals surface area contributed by atoms with Gasteiger partial charge in [-0.25, -0.2) is 0 Å². The van der Waals surface area contributed by atoms with Crippen molar-refractivity contribution in [3.63, 3.8) is 0 Å². The highest BCUT2D eigenvalue weighted by Crippen LogP contribution is 2.56. The zero-order chi connectivity index (χ0) is 20.2. The lowest BCUT2D eigenvalue weighted by molar-refractivity contribution is -0.137. The second-order valence-electron chi connectivity index (χ2n) is 9.43. The van der Waals surface area contributed by atoms with E-state index in [2.05, 4.69) is 13.8 Å². The van der Waals surface area contributed by atoms with Crippen LogP contribution >= 0.6 is 0 Å². The van der Waals surface area contributed by atoms with Gasteiger partial charge in [-0.05, 0) is 63.2 Å². The summed E-state index contributed by atoms with van der Waals surface area (Å²) in [5, 5.41) is 0. The van der Waals surface area contributed by atoms with Crippen molar-refractivity contribution in [1.29, 1.82) is 0 Å². The summed E-state index contributed by atoms with van der Waals surface area (Å²) in [5.74, 6) is -0.0569. The summed E-state index contributed by atoms with van der Waals surface area (Å²) in [6.45, 7) is 12.0. The summed E-state index contributed by atoms with van der Waals surface area (Å²) in [5.41, 5.74) is 2.20. The van der Waals surface area contributed by atoms with Gasteiger partial charge in [-0.2, -0.15) is 8.42 Å². The first-order valence-electron chi connectivity index (χ1n) is 9.56. The SMILES string of the molecule is CC1=C(C)C(=O)[C@@H]2CC(C)(C)C[C@H](OS(=O)(=O)c3ccc(C)cc3)[C@@]2(C)C1. The first-order valence-corrected chi connectivity index (χ1v) is 11.0. The lowest BCUT2D eigenvalue weighted by Crippen LogP contribution is -2.54. The van der Waals surface area contributed by atoms with Crippen LogP contribution in [0.1, 0.15) is 59.4 Å². The molecule has 1 fully saturated rings. The molecule has 1 aromatic rings. The standard InChI is InChI=1S/C22H30O4S/c1-14-7-9-17(10-8-14)27(24,25)26-19-13-21(4,5)12-18-20(23)16(3)15(2)11-22(18,19)6/h7-10,18-19H,11-13H2,1-6H3/t18-,19-,22-/m0/s1. The molecule has 1 saturated carbocycles. The Hall–Kier alpha value is -1.46. The topological polar surface area (TPSA) is 60.4 Å². The van der Waals surface area contributed by atoms with Crippen LogP contribution in [0.3, 0.4) is 0 Å². The smallest absolute Gasteiger partial charge is 0.294 e. The van der Waals surface area contributed by atoms with Gasteiger partial charge in [0.25, 0.3) is 10.1 Å². The fraction of sp³-hybridized carbons (Fsp3) is 0.591. The molecule has 27 heavy (non-hydrogen) atoms. The Kier molecular flexibility index (Phi) is 4.92. The largest absolute Gasteiger partial charge is 0.297 e. The van der Waals surface area contributed by atoms with Crippen LogP contribution in [0.4, 0.5) is 0 Å². The van der Waals surface area contributed by atoms with E-state index in [0.29, 0.717) is 12.8 Å². The fourth-order valence-corrected chi connectivity index (χ4v) is 5.86. The molecule has 3 atom stereocenters. The molecular weight excluding hydrogens is 360 g/mol. The Balaban J connectivity index is 2.00. The second kappa shape index (κ2) is 6.56. The van der Waals surface area contributed by atoms with Crippen molar-refractivity contribution in [3.05, 3.63) is 41.0 Å². The van der Waals surface area contributed by atoms with Gasteiger partial charge in [-0.15, -0.1) is 0 Å². The molecular formula is C22H30O4S. The minimum atomic E-state index is -3.89. The first kappa shape index (κ1) is 20.3. The van der Waals surface area contributed by atoms with Crippen molar-refractivity contribution in [2.24, 2.45) is 16.7 Å². The van der Waals surface area contributed by atoms with Crippen LogP contribution in [0.25, 0.3) is 0 Å². The average molecular weight is 391 g/mol. The molecule has 0 unspecified atom stereocenters. The molecule has 0 heterocycles. The molecule has 0 N–H and O–H groups in total. The number of rotatable bonds is 3. The van der Waals surface area contributed by atoms with Gasteiger partial charge in [0, 0.05) is 11.3 Å². The molecule has 5 heteroatoms. The lowest BCUT2D eigenvalue weighted by atomic mass is 9.52. The molecule has 3 rings (SSSR count). The Bertz CT molecular complexity index is 893. The molecule has 148 valence electrons. The molecule has 0 spiro atoms. The second-order valence-corrected chi connectivity index (χ2v) is 11.0. The van der Waals surface area contributed by atoms with E-state index in [1.807, 2.05) is 27.7 Å². The number of allylic oxidation sites excluding steroid dienone is 2. The minimum Gasteiger partial charge on any atom is -0.294 e. The van der Waals surface area contributed by atoms with Gasteiger partial charge >= 0.3 is 0 Å². The highest BCUT2D eigenvalue weighted by atomic mass is 32.2. The van der Waals surface area contributed by atoms with Crippen molar-refractivity contribution in [3.8, 4) is 0 Å². The number of carbonyl (C=O) groups is 1. The maximum atomic E-state index is 13.0. The van der Waals surface area contributed by atoms with Crippen LogP contribution in [0.15, 0.2) is 40.3 Å². The van der Waals surface area contributed by atoms with Crippen LogP contribution in [-0.4, -0.2) is 20.3 Å².